The van der Waals surface area contributed by atoms with Gasteiger partial charge in [-0.2, -0.15) is 0 Å². The van der Waals surface area contributed by atoms with E-state index in [9.17, 15) is 5.11 Å². The molecule has 1 aromatic carbocycles. The normalized spacial score (nSPS) is 13.6. The number of nitrogens with one attached hydrogen (secondary N) is 2. The molecule has 0 aliphatic heterocycles. The van der Waals surface area contributed by atoms with Gasteiger partial charge in [0.15, 0.2) is 5.96 Å². The number of hydrogen-bond acceptors (Lipinski definition) is 3. The molecule has 0 saturated carbocycles. The number of guanidine groups is 1. The highest BCUT2D eigenvalue weighted by atomic mass is 127. The van der Waals surface area contributed by atoms with E-state index in [1.54, 1.807) is 7.11 Å². The molecule has 0 aliphatic carbocycles. The first-order chi connectivity index (χ1) is 11.5. The van der Waals surface area contributed by atoms with Gasteiger partial charge >= 0.3 is 0 Å². The first-order valence-corrected chi connectivity index (χ1v) is 8.81. The maximum absolute atomic E-state index is 9.49. The maximum atomic E-state index is 9.49. The van der Waals surface area contributed by atoms with E-state index in [2.05, 4.69) is 22.5 Å². The van der Waals surface area contributed by atoms with Crippen LogP contribution >= 0.6 is 35.6 Å². The van der Waals surface area contributed by atoms with E-state index < -0.39 is 0 Å². The first-order valence-electron chi connectivity index (χ1n) is 8.43. The zero-order valence-electron chi connectivity index (χ0n) is 15.6. The van der Waals surface area contributed by atoms with Gasteiger partial charge in [0.05, 0.1) is 20.3 Å². The van der Waals surface area contributed by atoms with Crippen LogP contribution in [0.15, 0.2) is 23.2 Å². The fourth-order valence-corrected chi connectivity index (χ4v) is 2.32. The molecule has 1 unspecified atom stereocenters. The van der Waals surface area contributed by atoms with Crippen molar-refractivity contribution in [1.82, 2.24) is 10.6 Å². The summed E-state index contributed by atoms with van der Waals surface area (Å²) in [6.07, 6.45) is 1.67. The van der Waals surface area contributed by atoms with E-state index in [4.69, 9.17) is 16.3 Å². The zero-order valence-corrected chi connectivity index (χ0v) is 18.6. The summed E-state index contributed by atoms with van der Waals surface area (Å²) in [4.78, 5) is 4.59. The Labute approximate surface area is 173 Å². The topological polar surface area (TPSA) is 65.9 Å². The lowest BCUT2D eigenvalue weighted by Crippen LogP contribution is -2.39. The predicted molar refractivity (Wildman–Crippen MR) is 117 cm³/mol. The van der Waals surface area contributed by atoms with Crippen molar-refractivity contribution in [2.45, 2.75) is 33.6 Å². The summed E-state index contributed by atoms with van der Waals surface area (Å²) < 4.78 is 5.16. The highest BCUT2D eigenvalue weighted by Gasteiger charge is 2.20. The highest BCUT2D eigenvalue weighted by molar-refractivity contribution is 14.0. The van der Waals surface area contributed by atoms with Gasteiger partial charge in [-0.05, 0) is 37.5 Å². The predicted octanol–water partition coefficient (Wildman–Crippen LogP) is 3.47. The molecule has 0 bridgehead atoms. The molecule has 0 radical (unpaired) electrons. The van der Waals surface area contributed by atoms with Crippen LogP contribution in [0.5, 0.6) is 5.75 Å². The highest BCUT2D eigenvalue weighted by Crippen LogP contribution is 2.22. The molecular weight excluding hydrogens is 453 g/mol. The largest absolute Gasteiger partial charge is 0.497 e. The molecule has 25 heavy (non-hydrogen) atoms. The maximum Gasteiger partial charge on any atom is 0.191 e. The van der Waals surface area contributed by atoms with Gasteiger partial charge in [0.25, 0.3) is 0 Å². The Balaban J connectivity index is 0.00000576. The van der Waals surface area contributed by atoms with Gasteiger partial charge in [-0.15, -0.1) is 24.0 Å². The van der Waals surface area contributed by atoms with Crippen LogP contribution < -0.4 is 15.4 Å². The monoisotopic (exact) mass is 483 g/mol. The fraction of sp³-hybridized carbons (Fsp3) is 0.611. The molecular formula is C18H31ClIN3O2. The zero-order chi connectivity index (χ0) is 18.0. The molecule has 1 rings (SSSR count). The van der Waals surface area contributed by atoms with Crippen molar-refractivity contribution >= 4 is 41.5 Å². The van der Waals surface area contributed by atoms with Crippen LogP contribution in [0.4, 0.5) is 0 Å². The smallest absolute Gasteiger partial charge is 0.191 e. The molecule has 0 aliphatic rings. The van der Waals surface area contributed by atoms with E-state index in [-0.39, 0.29) is 36.0 Å². The lowest BCUT2D eigenvalue weighted by atomic mass is 9.89. The third-order valence-electron chi connectivity index (χ3n) is 4.15. The Kier molecular flexibility index (Phi) is 12.2. The molecule has 144 valence electrons. The second-order valence-electron chi connectivity index (χ2n) is 6.15. The number of ether oxygens (including phenoxy) is 1. The summed E-state index contributed by atoms with van der Waals surface area (Å²) in [5.41, 5.74) is 0.885. The number of aliphatic hydroxyl groups is 1. The van der Waals surface area contributed by atoms with E-state index in [1.807, 2.05) is 32.0 Å². The summed E-state index contributed by atoms with van der Waals surface area (Å²) in [7, 11) is 1.63. The van der Waals surface area contributed by atoms with Gasteiger partial charge in [-0.3, -0.25) is 4.99 Å². The summed E-state index contributed by atoms with van der Waals surface area (Å²) in [5, 5.41) is 16.7. The van der Waals surface area contributed by atoms with Crippen LogP contribution in [0.1, 0.15) is 32.8 Å². The molecule has 0 aromatic heterocycles. The van der Waals surface area contributed by atoms with Gasteiger partial charge in [0.1, 0.15) is 5.75 Å². The van der Waals surface area contributed by atoms with Crippen LogP contribution in [-0.2, 0) is 6.42 Å². The molecule has 0 amide bonds. The summed E-state index contributed by atoms with van der Waals surface area (Å²) in [5.74, 6) is 1.52. The average Bonchev–Trinajstić information content (AvgIpc) is 2.60. The van der Waals surface area contributed by atoms with E-state index in [0.29, 0.717) is 11.6 Å². The molecule has 1 aromatic rings. The Bertz CT molecular complexity index is 537. The summed E-state index contributed by atoms with van der Waals surface area (Å²) in [6, 6.07) is 5.71. The van der Waals surface area contributed by atoms with E-state index in [0.717, 1.165) is 43.2 Å². The van der Waals surface area contributed by atoms with Gasteiger partial charge in [0, 0.05) is 23.5 Å². The number of rotatable bonds is 9. The first kappa shape index (κ1) is 24.3. The average molecular weight is 484 g/mol. The standard InChI is InChI=1S/C18H30ClN3O2.HI/c1-5-18(3,13-23)12-22-17(20-6-2)21-10-9-14-7-8-15(24-4)11-16(14)19;/h7-8,11,23H,5-6,9-10,12-13H2,1-4H3,(H2,20,21,22);1H. The number of aliphatic hydroxyl groups excluding tert-OH is 1. The van der Waals surface area contributed by atoms with Crippen molar-refractivity contribution in [2.24, 2.45) is 10.4 Å². The Morgan fingerprint density at radius 2 is 2.04 bits per heavy atom. The van der Waals surface area contributed by atoms with Gasteiger partial charge < -0.3 is 20.5 Å². The van der Waals surface area contributed by atoms with Crippen molar-refractivity contribution in [3.8, 4) is 5.75 Å². The molecule has 3 N–H and O–H groups in total. The Morgan fingerprint density at radius 3 is 2.56 bits per heavy atom. The molecule has 1 atom stereocenters. The van der Waals surface area contributed by atoms with Crippen molar-refractivity contribution in [1.29, 1.82) is 0 Å². The Hall–Kier alpha value is -0.730. The Morgan fingerprint density at radius 1 is 1.32 bits per heavy atom. The van der Waals surface area contributed by atoms with Crippen LogP contribution in [0.3, 0.4) is 0 Å². The van der Waals surface area contributed by atoms with Crippen molar-refractivity contribution in [2.75, 3.05) is 33.4 Å². The minimum atomic E-state index is -0.179. The molecule has 0 spiro atoms. The third-order valence-corrected chi connectivity index (χ3v) is 4.50. The van der Waals surface area contributed by atoms with Crippen molar-refractivity contribution in [3.05, 3.63) is 28.8 Å². The van der Waals surface area contributed by atoms with Crippen LogP contribution in [0.2, 0.25) is 5.02 Å². The number of benzene rings is 1. The van der Waals surface area contributed by atoms with E-state index >= 15 is 0 Å². The van der Waals surface area contributed by atoms with E-state index in [1.165, 1.54) is 0 Å². The third kappa shape index (κ3) is 8.46. The number of methoxy groups -OCH3 is 1. The number of nitrogens with zero attached hydrogens (tertiary/aromatic N) is 1. The second-order valence-corrected chi connectivity index (χ2v) is 6.56. The quantitative estimate of drug-likeness (QED) is 0.286. The van der Waals surface area contributed by atoms with Crippen LogP contribution in [0, 0.1) is 5.41 Å². The summed E-state index contributed by atoms with van der Waals surface area (Å²) >= 11 is 6.26. The van der Waals surface area contributed by atoms with Gasteiger partial charge in [0.2, 0.25) is 0 Å². The molecule has 0 saturated heterocycles. The SMILES string of the molecule is CCNC(=NCC(C)(CC)CO)NCCc1ccc(OC)cc1Cl.I. The second kappa shape index (κ2) is 12.6. The van der Waals surface area contributed by atoms with Crippen molar-refractivity contribution in [3.63, 3.8) is 0 Å². The number of halogens is 2. The number of hydrogen-bond donors (Lipinski definition) is 3. The number of aliphatic imine (C=N–C) groups is 1. The van der Waals surface area contributed by atoms with Crippen LogP contribution in [0.25, 0.3) is 0 Å². The van der Waals surface area contributed by atoms with Gasteiger partial charge in [-0.25, -0.2) is 0 Å². The molecule has 0 fully saturated rings. The molecule has 7 heteroatoms. The van der Waals surface area contributed by atoms with Gasteiger partial charge in [-0.1, -0.05) is 31.5 Å². The fourth-order valence-electron chi connectivity index (χ4n) is 2.06. The van der Waals surface area contributed by atoms with Crippen molar-refractivity contribution < 1.29 is 9.84 Å². The lowest BCUT2D eigenvalue weighted by molar-refractivity contribution is 0.145. The lowest BCUT2D eigenvalue weighted by Gasteiger charge is -2.23. The minimum Gasteiger partial charge on any atom is -0.497 e. The minimum absolute atomic E-state index is 0. The molecule has 0 heterocycles. The summed E-state index contributed by atoms with van der Waals surface area (Å²) in [6.45, 7) is 8.36. The molecule has 5 nitrogen and oxygen atoms in total. The van der Waals surface area contributed by atoms with Crippen LogP contribution in [-0.4, -0.2) is 44.4 Å².